The van der Waals surface area contributed by atoms with Crippen molar-refractivity contribution in [3.05, 3.63) is 81.7 Å². The van der Waals surface area contributed by atoms with Crippen LogP contribution in [0.25, 0.3) is 27.8 Å². The Balaban J connectivity index is 2.23. The summed E-state index contributed by atoms with van der Waals surface area (Å²) in [5.41, 5.74) is 7.48. The number of rotatable bonds is 3. The lowest BCUT2D eigenvalue weighted by atomic mass is 9.96. The van der Waals surface area contributed by atoms with Crippen LogP contribution in [0.5, 0.6) is 0 Å². The highest BCUT2D eigenvalue weighted by Crippen LogP contribution is 2.34. The third-order valence-corrected chi connectivity index (χ3v) is 4.62. The zero-order chi connectivity index (χ0) is 19.8. The molecule has 28 heavy (non-hydrogen) atoms. The van der Waals surface area contributed by atoms with E-state index in [1.807, 2.05) is 6.07 Å². The lowest BCUT2D eigenvalue weighted by Gasteiger charge is -2.13. The van der Waals surface area contributed by atoms with Gasteiger partial charge in [0, 0.05) is 35.7 Å². The number of anilines is 1. The minimum atomic E-state index is -0.638. The smallest absolute Gasteiger partial charge is 0.321 e. The van der Waals surface area contributed by atoms with Crippen LogP contribution < -0.4 is 15.9 Å². The summed E-state index contributed by atoms with van der Waals surface area (Å²) in [5, 5.41) is 8.10. The Hall–Kier alpha value is -3.58. The summed E-state index contributed by atoms with van der Waals surface area (Å²) in [6, 6.07) is 9.66. The van der Waals surface area contributed by atoms with Crippen LogP contribution in [0.1, 0.15) is 5.56 Å². The monoisotopic (exact) mass is 394 g/mol. The van der Waals surface area contributed by atoms with E-state index in [-0.39, 0.29) is 22.5 Å². The fourth-order valence-corrected chi connectivity index (χ4v) is 3.33. The van der Waals surface area contributed by atoms with E-state index in [4.69, 9.17) is 22.7 Å². The van der Waals surface area contributed by atoms with Gasteiger partial charge in [-0.15, -0.1) is 0 Å². The second-order valence-electron chi connectivity index (χ2n) is 6.08. The summed E-state index contributed by atoms with van der Waals surface area (Å²) in [7, 11) is 0. The van der Waals surface area contributed by atoms with Gasteiger partial charge < -0.3 is 16.1 Å². The first-order valence-electron chi connectivity index (χ1n) is 8.28. The first-order chi connectivity index (χ1) is 13.5. The minimum Gasteiger partial charge on any atom is -0.396 e. The second-order valence-corrected chi connectivity index (χ2v) is 6.51. The maximum atomic E-state index is 14.0. The van der Waals surface area contributed by atoms with E-state index < -0.39 is 5.82 Å². The molecule has 0 aliphatic carbocycles. The van der Waals surface area contributed by atoms with Gasteiger partial charge >= 0.3 is 5.56 Å². The molecule has 4 aromatic rings. The van der Waals surface area contributed by atoms with E-state index in [1.54, 1.807) is 35.2 Å². The Morgan fingerprint density at radius 2 is 2.00 bits per heavy atom. The van der Waals surface area contributed by atoms with Crippen LogP contribution >= 0.6 is 11.6 Å². The van der Waals surface area contributed by atoms with Crippen molar-refractivity contribution in [3.63, 3.8) is 0 Å². The molecule has 0 aliphatic rings. The number of benzene rings is 1. The SMILES string of the molecule is N=Cc1c(-c2c(-[n+]3ccccc3)c(=O)[nH]c3cc(Cl)cnc23)ccc(F)c1N. The van der Waals surface area contributed by atoms with Crippen LogP contribution in [0.2, 0.25) is 5.02 Å². The predicted octanol–water partition coefficient (Wildman–Crippen LogP) is 3.24. The quantitative estimate of drug-likeness (QED) is 0.282. The fraction of sp³-hybridized carbons (Fsp3) is 0. The van der Waals surface area contributed by atoms with E-state index in [1.165, 1.54) is 18.3 Å². The molecule has 0 radical (unpaired) electrons. The molecule has 0 fully saturated rings. The van der Waals surface area contributed by atoms with Crippen LogP contribution in [0.15, 0.2) is 59.8 Å². The lowest BCUT2D eigenvalue weighted by molar-refractivity contribution is -0.596. The number of aromatic amines is 1. The number of hydrogen-bond acceptors (Lipinski definition) is 4. The van der Waals surface area contributed by atoms with Gasteiger partial charge in [0.2, 0.25) is 0 Å². The number of hydrogen-bond donors (Lipinski definition) is 3. The molecule has 0 spiro atoms. The van der Waals surface area contributed by atoms with Gasteiger partial charge in [0.15, 0.2) is 12.4 Å². The fourth-order valence-electron chi connectivity index (χ4n) is 3.17. The minimum absolute atomic E-state index is 0.168. The van der Waals surface area contributed by atoms with Crippen molar-refractivity contribution in [1.29, 1.82) is 5.41 Å². The van der Waals surface area contributed by atoms with Gasteiger partial charge in [0.05, 0.1) is 21.8 Å². The molecule has 4 rings (SSSR count). The Bertz CT molecular complexity index is 1290. The summed E-state index contributed by atoms with van der Waals surface area (Å²) in [6.07, 6.45) is 5.86. The largest absolute Gasteiger partial charge is 0.396 e. The third kappa shape index (κ3) is 2.82. The third-order valence-electron chi connectivity index (χ3n) is 4.41. The highest BCUT2D eigenvalue weighted by atomic mass is 35.5. The van der Waals surface area contributed by atoms with E-state index in [9.17, 15) is 9.18 Å². The number of nitrogens with two attached hydrogens (primary N) is 1. The van der Waals surface area contributed by atoms with Crippen LogP contribution in [-0.4, -0.2) is 16.2 Å². The van der Waals surface area contributed by atoms with Crippen molar-refractivity contribution >= 4 is 34.5 Å². The van der Waals surface area contributed by atoms with Gasteiger partial charge in [0.1, 0.15) is 11.3 Å². The second kappa shape index (κ2) is 6.86. The van der Waals surface area contributed by atoms with E-state index >= 15 is 0 Å². The van der Waals surface area contributed by atoms with E-state index in [0.29, 0.717) is 27.2 Å². The molecule has 0 atom stereocenters. The lowest BCUT2D eigenvalue weighted by Crippen LogP contribution is -2.37. The molecule has 0 amide bonds. The van der Waals surface area contributed by atoms with Crippen molar-refractivity contribution in [2.24, 2.45) is 0 Å². The van der Waals surface area contributed by atoms with Crippen LogP contribution in [-0.2, 0) is 0 Å². The average molecular weight is 395 g/mol. The molecular formula is C20H14ClFN5O+. The molecule has 3 aromatic heterocycles. The molecule has 8 heteroatoms. The molecule has 0 bridgehead atoms. The van der Waals surface area contributed by atoms with Crippen LogP contribution in [0.3, 0.4) is 0 Å². The molecule has 6 nitrogen and oxygen atoms in total. The summed E-state index contributed by atoms with van der Waals surface area (Å²) in [4.78, 5) is 20.2. The van der Waals surface area contributed by atoms with Crippen molar-refractivity contribution in [3.8, 4) is 16.8 Å². The van der Waals surface area contributed by atoms with Gasteiger partial charge in [0.25, 0.3) is 5.69 Å². The zero-order valence-electron chi connectivity index (χ0n) is 14.4. The van der Waals surface area contributed by atoms with Crippen molar-refractivity contribution in [1.82, 2.24) is 9.97 Å². The molecule has 0 saturated carbocycles. The normalized spacial score (nSPS) is 10.9. The topological polar surface area (TPSA) is 99.5 Å². The number of aromatic nitrogens is 3. The van der Waals surface area contributed by atoms with Gasteiger partial charge in [-0.25, -0.2) is 4.39 Å². The summed E-state index contributed by atoms with van der Waals surface area (Å²) in [5.74, 6) is -0.638. The molecule has 0 saturated heterocycles. The molecule has 4 N–H and O–H groups in total. The number of H-pyrrole nitrogens is 1. The Morgan fingerprint density at radius 3 is 2.71 bits per heavy atom. The molecule has 138 valence electrons. The summed E-state index contributed by atoms with van der Waals surface area (Å²) >= 11 is 6.04. The molecule has 3 heterocycles. The van der Waals surface area contributed by atoms with Crippen molar-refractivity contribution in [2.75, 3.05) is 5.73 Å². The van der Waals surface area contributed by atoms with Crippen LogP contribution in [0, 0.1) is 11.2 Å². The predicted molar refractivity (Wildman–Crippen MR) is 107 cm³/mol. The highest BCUT2D eigenvalue weighted by molar-refractivity contribution is 6.31. The number of nitrogen functional groups attached to an aromatic ring is 1. The molecule has 0 aliphatic heterocycles. The first-order valence-corrected chi connectivity index (χ1v) is 8.66. The van der Waals surface area contributed by atoms with Gasteiger partial charge in [-0.2, -0.15) is 4.57 Å². The van der Waals surface area contributed by atoms with Crippen LogP contribution in [0.4, 0.5) is 10.1 Å². The zero-order valence-corrected chi connectivity index (χ0v) is 15.2. The number of nitrogens with one attached hydrogen (secondary N) is 2. The number of halogens is 2. The maximum absolute atomic E-state index is 14.0. The maximum Gasteiger partial charge on any atom is 0.321 e. The van der Waals surface area contributed by atoms with Gasteiger partial charge in [-0.1, -0.05) is 23.7 Å². The molecule has 0 unspecified atom stereocenters. The number of pyridine rings is 3. The van der Waals surface area contributed by atoms with E-state index in [2.05, 4.69) is 9.97 Å². The summed E-state index contributed by atoms with van der Waals surface area (Å²) < 4.78 is 15.6. The Kier molecular flexibility index (Phi) is 4.37. The van der Waals surface area contributed by atoms with Gasteiger partial charge in [-0.05, 0) is 12.1 Å². The number of fused-ring (bicyclic) bond motifs is 1. The summed E-state index contributed by atoms with van der Waals surface area (Å²) in [6.45, 7) is 0. The molecule has 1 aromatic carbocycles. The van der Waals surface area contributed by atoms with Gasteiger partial charge in [-0.3, -0.25) is 9.78 Å². The Labute approximate surface area is 163 Å². The molecular weight excluding hydrogens is 381 g/mol. The van der Waals surface area contributed by atoms with Crippen molar-refractivity contribution < 1.29 is 8.96 Å². The highest BCUT2D eigenvalue weighted by Gasteiger charge is 2.26. The average Bonchev–Trinajstić information content (AvgIpc) is 2.69. The Morgan fingerprint density at radius 1 is 1.25 bits per heavy atom. The first kappa shape index (κ1) is 17.8. The van der Waals surface area contributed by atoms with Crippen molar-refractivity contribution in [2.45, 2.75) is 0 Å². The standard InChI is InChI=1S/C20H13ClFN5O/c21-11-8-15-18(25-10-11)16(12-4-5-14(22)17(24)13(12)9-23)19(20(28)26-15)27-6-2-1-3-7-27/h1-10H,(H3-,23,24,26,28)/p+1. The number of nitrogens with zero attached hydrogens (tertiary/aromatic N) is 2. The van der Waals surface area contributed by atoms with E-state index in [0.717, 1.165) is 6.21 Å².